The number of benzene rings is 1. The van der Waals surface area contributed by atoms with Crippen molar-refractivity contribution in [2.24, 2.45) is 0 Å². The van der Waals surface area contributed by atoms with Crippen LogP contribution in [0.2, 0.25) is 0 Å². The van der Waals surface area contributed by atoms with Gasteiger partial charge in [0.25, 0.3) is 0 Å². The van der Waals surface area contributed by atoms with E-state index in [1.54, 1.807) is 0 Å². The van der Waals surface area contributed by atoms with Crippen molar-refractivity contribution in [2.45, 2.75) is 21.3 Å². The van der Waals surface area contributed by atoms with Crippen LogP contribution >= 0.6 is 35.7 Å². The van der Waals surface area contributed by atoms with E-state index in [2.05, 4.69) is 33.1 Å². The highest BCUT2D eigenvalue weighted by atomic mass is 32.2. The van der Waals surface area contributed by atoms with E-state index in [1.807, 2.05) is 25.1 Å². The van der Waals surface area contributed by atoms with Gasteiger partial charge in [-0.3, -0.25) is 10.1 Å². The second-order valence-corrected chi connectivity index (χ2v) is 6.89. The van der Waals surface area contributed by atoms with Crippen molar-refractivity contribution >= 4 is 40.7 Å². The Morgan fingerprint density at radius 1 is 1.45 bits per heavy atom. The fourth-order valence-corrected chi connectivity index (χ4v) is 3.71. The second-order valence-electron chi connectivity index (χ2n) is 4.19. The molecule has 0 spiro atoms. The van der Waals surface area contributed by atoms with E-state index in [1.165, 1.54) is 10.9 Å². The summed E-state index contributed by atoms with van der Waals surface area (Å²) in [5.41, 5.74) is 1.80. The number of nitrogens with zero attached hydrogens (tertiary/aromatic N) is 6. The molecule has 0 N–H and O–H groups in total. The maximum Gasteiger partial charge on any atom is 0.344 e. The van der Waals surface area contributed by atoms with Crippen LogP contribution in [0.25, 0.3) is 5.69 Å². The van der Waals surface area contributed by atoms with Crippen molar-refractivity contribution in [3.05, 3.63) is 40.1 Å². The molecule has 112 valence electrons. The average Bonchev–Trinajstić information content (AvgIpc) is 3.09. The lowest BCUT2D eigenvalue weighted by Gasteiger charge is -2.06. The average molecular weight is 352 g/mol. The molecule has 11 heteroatoms. The van der Waals surface area contributed by atoms with Gasteiger partial charge in [0.2, 0.25) is 5.16 Å². The molecule has 0 atom stereocenters. The van der Waals surface area contributed by atoms with Crippen LogP contribution in [-0.2, 0) is 0 Å². The molecule has 0 saturated carbocycles. The third-order valence-electron chi connectivity index (χ3n) is 2.63. The number of aromatic nitrogens is 5. The summed E-state index contributed by atoms with van der Waals surface area (Å²) < 4.78 is 2.02. The summed E-state index contributed by atoms with van der Waals surface area (Å²) in [5, 5.41) is 22.7. The largest absolute Gasteiger partial charge is 0.344 e. The standard InChI is InChI=1S/C11H8N6O2S3/c1-6-2-3-7(8(20)4-6)16-10(13-14-15-16)22-11-12-5-9(21-11)17(18)19/h2-5,20H,1H3. The fraction of sp³-hybridized carbons (Fsp3) is 0.0909. The molecule has 0 aliphatic heterocycles. The third-order valence-corrected chi connectivity index (χ3v) is 4.95. The number of nitro groups is 1. The number of thiazole rings is 1. The Hall–Kier alpha value is -1.98. The molecule has 0 radical (unpaired) electrons. The zero-order valence-electron chi connectivity index (χ0n) is 11.1. The topological polar surface area (TPSA) is 99.6 Å². The van der Waals surface area contributed by atoms with Gasteiger partial charge < -0.3 is 0 Å². The first-order valence-electron chi connectivity index (χ1n) is 5.91. The summed E-state index contributed by atoms with van der Waals surface area (Å²) in [6.45, 7) is 1.97. The van der Waals surface area contributed by atoms with Crippen LogP contribution < -0.4 is 0 Å². The van der Waals surface area contributed by atoms with E-state index >= 15 is 0 Å². The lowest BCUT2D eigenvalue weighted by atomic mass is 10.2. The summed E-state index contributed by atoms with van der Waals surface area (Å²) in [4.78, 5) is 14.9. The van der Waals surface area contributed by atoms with E-state index in [0.717, 1.165) is 39.2 Å². The van der Waals surface area contributed by atoms with Gasteiger partial charge in [-0.25, -0.2) is 4.98 Å². The van der Waals surface area contributed by atoms with E-state index in [-0.39, 0.29) is 5.00 Å². The lowest BCUT2D eigenvalue weighted by molar-refractivity contribution is -0.380. The van der Waals surface area contributed by atoms with Gasteiger partial charge in [0.05, 0.1) is 10.6 Å². The van der Waals surface area contributed by atoms with Gasteiger partial charge in [-0.15, -0.1) is 17.7 Å². The number of rotatable bonds is 4. The number of tetrazole rings is 1. The minimum atomic E-state index is -0.476. The molecule has 3 rings (SSSR count). The lowest BCUT2D eigenvalue weighted by Crippen LogP contribution is -2.00. The Bertz CT molecular complexity index is 846. The zero-order valence-corrected chi connectivity index (χ0v) is 13.6. The third kappa shape index (κ3) is 2.96. The monoisotopic (exact) mass is 352 g/mol. The minimum absolute atomic E-state index is 0.0215. The zero-order chi connectivity index (χ0) is 15.7. The molecule has 0 amide bonds. The van der Waals surface area contributed by atoms with Crippen LogP contribution in [0.15, 0.2) is 38.8 Å². The van der Waals surface area contributed by atoms with E-state index in [9.17, 15) is 10.1 Å². The van der Waals surface area contributed by atoms with Crippen LogP contribution in [0.5, 0.6) is 0 Å². The van der Waals surface area contributed by atoms with Crippen molar-refractivity contribution in [1.29, 1.82) is 0 Å². The molecule has 1 aromatic carbocycles. The molecule has 2 heterocycles. The van der Waals surface area contributed by atoms with Gasteiger partial charge in [-0.2, -0.15) is 4.68 Å². The predicted octanol–water partition coefficient (Wildman–Crippen LogP) is 2.78. The van der Waals surface area contributed by atoms with Crippen LogP contribution in [0.4, 0.5) is 5.00 Å². The Balaban J connectivity index is 1.93. The predicted molar refractivity (Wildman–Crippen MR) is 84.0 cm³/mol. The van der Waals surface area contributed by atoms with Crippen LogP contribution in [-0.4, -0.2) is 30.1 Å². The minimum Gasteiger partial charge on any atom is -0.257 e. The maximum absolute atomic E-state index is 10.7. The molecule has 0 fully saturated rings. The van der Waals surface area contributed by atoms with Gasteiger partial charge in [0.1, 0.15) is 6.20 Å². The van der Waals surface area contributed by atoms with Gasteiger partial charge in [-0.05, 0) is 58.1 Å². The molecule has 2 aromatic heterocycles. The molecular weight excluding hydrogens is 344 g/mol. The number of hydrogen-bond donors (Lipinski definition) is 1. The first-order valence-corrected chi connectivity index (χ1v) is 7.99. The van der Waals surface area contributed by atoms with Crippen molar-refractivity contribution in [1.82, 2.24) is 25.2 Å². The Morgan fingerprint density at radius 2 is 2.27 bits per heavy atom. The summed E-state index contributed by atoms with van der Waals surface area (Å²) in [5.74, 6) is 0. The highest BCUT2D eigenvalue weighted by molar-refractivity contribution is 8.00. The molecule has 0 aliphatic rings. The van der Waals surface area contributed by atoms with Crippen molar-refractivity contribution in [3.63, 3.8) is 0 Å². The Morgan fingerprint density at radius 3 is 2.95 bits per heavy atom. The first-order chi connectivity index (χ1) is 10.5. The molecule has 0 aliphatic carbocycles. The summed E-state index contributed by atoms with van der Waals surface area (Å²) >= 11 is 6.57. The smallest absolute Gasteiger partial charge is 0.257 e. The van der Waals surface area contributed by atoms with E-state index in [0.29, 0.717) is 9.50 Å². The highest BCUT2D eigenvalue weighted by Gasteiger charge is 2.17. The maximum atomic E-state index is 10.7. The molecule has 3 aromatic rings. The number of thiol groups is 1. The van der Waals surface area contributed by atoms with Crippen LogP contribution in [0, 0.1) is 17.0 Å². The quantitative estimate of drug-likeness (QED) is 0.438. The van der Waals surface area contributed by atoms with Crippen LogP contribution in [0.3, 0.4) is 0 Å². The van der Waals surface area contributed by atoms with Gasteiger partial charge in [-0.1, -0.05) is 6.07 Å². The van der Waals surface area contributed by atoms with E-state index < -0.39 is 4.92 Å². The molecule has 0 bridgehead atoms. The summed E-state index contributed by atoms with van der Waals surface area (Å²) in [6.07, 6.45) is 1.22. The molecule has 8 nitrogen and oxygen atoms in total. The highest BCUT2D eigenvalue weighted by Crippen LogP contribution is 2.34. The first kappa shape index (κ1) is 14.9. The summed E-state index contributed by atoms with van der Waals surface area (Å²) in [7, 11) is 0. The van der Waals surface area contributed by atoms with Crippen molar-refractivity contribution in [2.75, 3.05) is 0 Å². The Labute approximate surface area is 138 Å². The number of aryl methyl sites for hydroxylation is 1. The van der Waals surface area contributed by atoms with E-state index in [4.69, 9.17) is 0 Å². The molecular formula is C11H8N6O2S3. The number of hydrogen-bond acceptors (Lipinski definition) is 9. The fourth-order valence-electron chi connectivity index (χ4n) is 1.67. The molecule has 22 heavy (non-hydrogen) atoms. The van der Waals surface area contributed by atoms with Gasteiger partial charge in [0, 0.05) is 4.90 Å². The normalized spacial score (nSPS) is 10.8. The molecule has 0 unspecified atom stereocenters. The van der Waals surface area contributed by atoms with Crippen LogP contribution in [0.1, 0.15) is 5.56 Å². The van der Waals surface area contributed by atoms with Gasteiger partial charge in [0.15, 0.2) is 4.34 Å². The van der Waals surface area contributed by atoms with Crippen molar-refractivity contribution < 1.29 is 4.92 Å². The van der Waals surface area contributed by atoms with Crippen molar-refractivity contribution in [3.8, 4) is 5.69 Å². The molecule has 0 saturated heterocycles. The SMILES string of the molecule is Cc1ccc(-n2nnnc2Sc2ncc([N+](=O)[O-])s2)c(S)c1. The second kappa shape index (κ2) is 6.02. The Kier molecular flexibility index (Phi) is 4.09. The summed E-state index contributed by atoms with van der Waals surface area (Å²) in [6, 6.07) is 5.70. The van der Waals surface area contributed by atoms with Gasteiger partial charge >= 0.3 is 5.00 Å².